The Bertz CT molecular complexity index is 885. The zero-order valence-corrected chi connectivity index (χ0v) is 14.8. The molecule has 3 aromatic rings. The lowest BCUT2D eigenvalue weighted by Gasteiger charge is -2.24. The first-order valence-electron chi connectivity index (χ1n) is 8.53. The van der Waals surface area contributed by atoms with Crippen molar-refractivity contribution in [3.63, 3.8) is 0 Å². The molecule has 0 spiro atoms. The molecule has 25 heavy (non-hydrogen) atoms. The van der Waals surface area contributed by atoms with E-state index >= 15 is 0 Å². The van der Waals surface area contributed by atoms with Gasteiger partial charge in [0.25, 0.3) is 0 Å². The zero-order chi connectivity index (χ0) is 18.0. The molecule has 0 fully saturated rings. The van der Waals surface area contributed by atoms with E-state index in [1.807, 2.05) is 47.9 Å². The van der Waals surface area contributed by atoms with Gasteiger partial charge >= 0.3 is 0 Å². The third-order valence-electron chi connectivity index (χ3n) is 4.56. The van der Waals surface area contributed by atoms with Crippen LogP contribution >= 0.6 is 0 Å². The smallest absolute Gasteiger partial charge is 0.138 e. The largest absolute Gasteiger partial charge is 0.543 e. The van der Waals surface area contributed by atoms with Gasteiger partial charge in [0.2, 0.25) is 0 Å². The van der Waals surface area contributed by atoms with E-state index < -0.39 is 5.97 Å². The highest BCUT2D eigenvalue weighted by molar-refractivity contribution is 5.86. The molecule has 1 unspecified atom stereocenters. The van der Waals surface area contributed by atoms with E-state index in [-0.39, 0.29) is 5.69 Å². The molecular weight excluding hydrogens is 314 g/mol. The second kappa shape index (κ2) is 7.07. The van der Waals surface area contributed by atoms with Crippen LogP contribution in [0.3, 0.4) is 0 Å². The summed E-state index contributed by atoms with van der Waals surface area (Å²) in [6.45, 7) is 7.65. The van der Waals surface area contributed by atoms with Gasteiger partial charge in [0.15, 0.2) is 0 Å². The van der Waals surface area contributed by atoms with Crippen LogP contribution in [0.15, 0.2) is 48.7 Å². The number of aryl methyl sites for hydroxylation is 1. The Hall–Kier alpha value is -2.66. The predicted molar refractivity (Wildman–Crippen MR) is 94.2 cm³/mol. The number of pyridine rings is 1. The maximum atomic E-state index is 11.6. The van der Waals surface area contributed by atoms with Crippen LogP contribution in [0.1, 0.15) is 41.2 Å². The van der Waals surface area contributed by atoms with Gasteiger partial charge in [0.05, 0.1) is 12.0 Å². The minimum atomic E-state index is -1.22. The first-order chi connectivity index (χ1) is 12.0. The molecule has 5 nitrogen and oxygen atoms in total. The molecule has 1 atom stereocenters. The number of carbonyl (C=O) groups excluding carboxylic acids is 1. The van der Waals surface area contributed by atoms with Crippen molar-refractivity contribution in [1.29, 1.82) is 0 Å². The summed E-state index contributed by atoms with van der Waals surface area (Å²) in [5.74, 6) is -1.22. The topological polar surface area (TPSA) is 61.9 Å². The van der Waals surface area contributed by atoms with E-state index in [1.165, 1.54) is 10.5 Å². The summed E-state index contributed by atoms with van der Waals surface area (Å²) in [6.07, 6.45) is 1.89. The van der Waals surface area contributed by atoms with Crippen molar-refractivity contribution in [2.45, 2.75) is 39.9 Å². The summed E-state index contributed by atoms with van der Waals surface area (Å²) >= 11 is 0. The van der Waals surface area contributed by atoms with E-state index in [9.17, 15) is 9.90 Å². The van der Waals surface area contributed by atoms with Gasteiger partial charge in [0, 0.05) is 11.8 Å². The lowest BCUT2D eigenvalue weighted by molar-refractivity contribution is -0.948. The van der Waals surface area contributed by atoms with E-state index in [2.05, 4.69) is 31.0 Å². The van der Waals surface area contributed by atoms with E-state index in [1.54, 1.807) is 0 Å². The van der Waals surface area contributed by atoms with Gasteiger partial charge < -0.3 is 14.8 Å². The number of nitrogens with one attached hydrogen (secondary N) is 1. The first-order valence-corrected chi connectivity index (χ1v) is 8.53. The summed E-state index contributed by atoms with van der Waals surface area (Å²) in [7, 11) is 0. The number of rotatable bonds is 6. The van der Waals surface area contributed by atoms with Gasteiger partial charge in [-0.25, -0.2) is 4.98 Å². The Labute approximate surface area is 147 Å². The molecule has 0 aliphatic heterocycles. The van der Waals surface area contributed by atoms with Crippen LogP contribution in [0, 0.1) is 6.92 Å². The van der Waals surface area contributed by atoms with Gasteiger partial charge in [-0.3, -0.25) is 4.40 Å². The number of fused-ring (bicyclic) bond motifs is 1. The van der Waals surface area contributed by atoms with Crippen LogP contribution < -0.4 is 10.0 Å². The lowest BCUT2D eigenvalue weighted by Crippen LogP contribution is -3.12. The second-order valence-corrected chi connectivity index (χ2v) is 6.78. The highest BCUT2D eigenvalue weighted by atomic mass is 16.4. The quantitative estimate of drug-likeness (QED) is 0.730. The number of quaternary nitrogens is 1. The number of carboxylic acids is 1. The molecule has 0 aliphatic rings. The predicted octanol–water partition coefficient (Wildman–Crippen LogP) is 1.000. The molecule has 0 aliphatic carbocycles. The Kier molecular flexibility index (Phi) is 4.86. The van der Waals surface area contributed by atoms with Crippen LogP contribution in [0.25, 0.3) is 5.65 Å². The maximum Gasteiger partial charge on any atom is 0.138 e. The van der Waals surface area contributed by atoms with Crippen molar-refractivity contribution in [2.75, 3.05) is 0 Å². The highest BCUT2D eigenvalue weighted by Gasteiger charge is 2.21. The fourth-order valence-electron chi connectivity index (χ4n) is 3.07. The van der Waals surface area contributed by atoms with Gasteiger partial charge in [-0.15, -0.1) is 0 Å². The Morgan fingerprint density at radius 1 is 1.20 bits per heavy atom. The number of aromatic carboxylic acids is 1. The maximum absolute atomic E-state index is 11.6. The standard InChI is InChI=1S/C20H23N3O2/c1-14(2)22(12-16-7-5-4-6-8-16)13-17-19(20(24)25)21-18-11-15(3)9-10-23(17)18/h4-11,14H,12-13H2,1-3H3,(H,24,25). The molecule has 1 aromatic carbocycles. The van der Waals surface area contributed by atoms with Crippen LogP contribution in [0.5, 0.6) is 0 Å². The summed E-state index contributed by atoms with van der Waals surface area (Å²) in [6, 6.07) is 14.4. The minimum Gasteiger partial charge on any atom is -0.543 e. The summed E-state index contributed by atoms with van der Waals surface area (Å²) in [4.78, 5) is 17.1. The van der Waals surface area contributed by atoms with E-state index in [4.69, 9.17) is 0 Å². The van der Waals surface area contributed by atoms with Crippen molar-refractivity contribution in [2.24, 2.45) is 0 Å². The molecular formula is C20H23N3O2. The van der Waals surface area contributed by atoms with Crippen molar-refractivity contribution in [3.05, 3.63) is 71.2 Å². The average Bonchev–Trinajstić information content (AvgIpc) is 2.93. The van der Waals surface area contributed by atoms with Crippen molar-refractivity contribution in [3.8, 4) is 0 Å². The number of aromatic nitrogens is 2. The van der Waals surface area contributed by atoms with Crippen LogP contribution in [0.4, 0.5) is 0 Å². The molecule has 130 valence electrons. The molecule has 5 heteroatoms. The summed E-state index contributed by atoms with van der Waals surface area (Å²) < 4.78 is 1.87. The number of imidazole rings is 1. The summed E-state index contributed by atoms with van der Waals surface area (Å²) in [5.41, 5.74) is 3.65. The number of hydrogen-bond donors (Lipinski definition) is 1. The zero-order valence-electron chi connectivity index (χ0n) is 14.8. The number of carboxylic acid groups (broad SMARTS) is 1. The van der Waals surface area contributed by atoms with Gasteiger partial charge in [0.1, 0.15) is 30.1 Å². The molecule has 2 aromatic heterocycles. The van der Waals surface area contributed by atoms with Crippen LogP contribution in [-0.2, 0) is 13.1 Å². The van der Waals surface area contributed by atoms with E-state index in [0.29, 0.717) is 23.9 Å². The molecule has 0 radical (unpaired) electrons. The Morgan fingerprint density at radius 3 is 2.56 bits per heavy atom. The molecule has 0 saturated carbocycles. The first kappa shape index (κ1) is 17.2. The second-order valence-electron chi connectivity index (χ2n) is 6.78. The van der Waals surface area contributed by atoms with Gasteiger partial charge in [-0.05, 0) is 38.5 Å². The van der Waals surface area contributed by atoms with Crippen molar-refractivity contribution in [1.82, 2.24) is 9.38 Å². The number of carbonyl (C=O) groups is 1. The Balaban J connectivity index is 1.99. The van der Waals surface area contributed by atoms with Crippen molar-refractivity contribution >= 4 is 11.6 Å². The third kappa shape index (κ3) is 3.72. The number of nitrogens with zero attached hydrogens (tertiary/aromatic N) is 2. The average molecular weight is 337 g/mol. The SMILES string of the molecule is Cc1ccn2c(C[NH+](Cc3ccccc3)C(C)C)c(C(=O)[O-])nc2c1. The normalized spacial score (nSPS) is 12.6. The fourth-order valence-corrected chi connectivity index (χ4v) is 3.07. The monoisotopic (exact) mass is 337 g/mol. The molecule has 0 saturated heterocycles. The molecule has 1 N–H and O–H groups in total. The molecule has 3 rings (SSSR count). The van der Waals surface area contributed by atoms with Crippen LogP contribution in [-0.4, -0.2) is 21.4 Å². The molecule has 0 bridgehead atoms. The molecule has 0 amide bonds. The summed E-state index contributed by atoms with van der Waals surface area (Å²) in [5, 5.41) is 11.6. The van der Waals surface area contributed by atoms with E-state index in [0.717, 1.165) is 12.1 Å². The molecule has 2 heterocycles. The Morgan fingerprint density at radius 2 is 1.92 bits per heavy atom. The lowest BCUT2D eigenvalue weighted by atomic mass is 10.1. The highest BCUT2D eigenvalue weighted by Crippen LogP contribution is 2.13. The van der Waals surface area contributed by atoms with Crippen LogP contribution in [0.2, 0.25) is 0 Å². The van der Waals surface area contributed by atoms with Gasteiger partial charge in [-0.1, -0.05) is 30.3 Å². The number of hydrogen-bond acceptors (Lipinski definition) is 3. The number of benzene rings is 1. The van der Waals surface area contributed by atoms with Gasteiger partial charge in [-0.2, -0.15) is 0 Å². The minimum absolute atomic E-state index is 0.0387. The third-order valence-corrected chi connectivity index (χ3v) is 4.56. The van der Waals surface area contributed by atoms with Crippen molar-refractivity contribution < 1.29 is 14.8 Å². The fraction of sp³-hybridized carbons (Fsp3) is 0.300.